The first-order valence-electron chi connectivity index (χ1n) is 8.90. The highest BCUT2D eigenvalue weighted by Gasteiger charge is 2.16. The van der Waals surface area contributed by atoms with Gasteiger partial charge in [-0.3, -0.25) is 4.79 Å². The summed E-state index contributed by atoms with van der Waals surface area (Å²) in [5.41, 5.74) is 5.49. The Morgan fingerprint density at radius 1 is 1.11 bits per heavy atom. The van der Waals surface area contributed by atoms with E-state index in [1.807, 2.05) is 13.8 Å². The zero-order chi connectivity index (χ0) is 20.7. The van der Waals surface area contributed by atoms with Crippen LogP contribution >= 0.6 is 0 Å². The van der Waals surface area contributed by atoms with Crippen LogP contribution in [0.3, 0.4) is 0 Å². The van der Waals surface area contributed by atoms with E-state index in [4.69, 9.17) is 15.2 Å². The highest BCUT2D eigenvalue weighted by atomic mass is 19.1. The van der Waals surface area contributed by atoms with Crippen molar-refractivity contribution in [2.45, 2.75) is 32.7 Å². The number of hydrogen-bond acceptors (Lipinski definition) is 4. The first-order chi connectivity index (χ1) is 13.4. The molecule has 7 nitrogen and oxygen atoms in total. The van der Waals surface area contributed by atoms with Crippen molar-refractivity contribution in [3.63, 3.8) is 0 Å². The highest BCUT2D eigenvalue weighted by Crippen LogP contribution is 2.35. The summed E-state index contributed by atoms with van der Waals surface area (Å²) in [7, 11) is 1.41. The van der Waals surface area contributed by atoms with Crippen LogP contribution < -0.4 is 25.8 Å². The summed E-state index contributed by atoms with van der Waals surface area (Å²) in [5.74, 6) is -0.507. The first kappa shape index (κ1) is 21.0. The number of amides is 3. The van der Waals surface area contributed by atoms with Gasteiger partial charge < -0.3 is 25.8 Å². The predicted octanol–water partition coefficient (Wildman–Crippen LogP) is 4.04. The van der Waals surface area contributed by atoms with Gasteiger partial charge in [0.2, 0.25) is 5.91 Å². The van der Waals surface area contributed by atoms with Crippen molar-refractivity contribution in [1.82, 2.24) is 5.32 Å². The summed E-state index contributed by atoms with van der Waals surface area (Å²) in [6, 6.07) is 8.04. The molecule has 2 rings (SSSR count). The van der Waals surface area contributed by atoms with Gasteiger partial charge in [0.15, 0.2) is 17.3 Å². The molecule has 0 atom stereocenters. The maximum absolute atomic E-state index is 14.5. The number of nitrogens with one attached hydrogen (secondary N) is 2. The van der Waals surface area contributed by atoms with E-state index in [0.717, 1.165) is 18.9 Å². The van der Waals surface area contributed by atoms with Gasteiger partial charge in [0.1, 0.15) is 5.75 Å². The minimum absolute atomic E-state index is 0.0101. The third kappa shape index (κ3) is 5.35. The van der Waals surface area contributed by atoms with E-state index >= 15 is 0 Å². The number of carbonyl (C=O) groups is 2. The molecule has 0 aliphatic rings. The van der Waals surface area contributed by atoms with Crippen LogP contribution in [-0.4, -0.2) is 25.1 Å². The van der Waals surface area contributed by atoms with Crippen LogP contribution in [0.2, 0.25) is 0 Å². The fraction of sp³-hybridized carbons (Fsp3) is 0.300. The molecular weight excluding hydrogens is 365 g/mol. The molecular formula is C20H24FN3O4. The molecule has 0 saturated carbocycles. The molecule has 150 valence electrons. The summed E-state index contributed by atoms with van der Waals surface area (Å²) < 4.78 is 25.3. The smallest absolute Gasteiger partial charge is 0.319 e. The molecule has 8 heteroatoms. The van der Waals surface area contributed by atoms with Gasteiger partial charge in [-0.1, -0.05) is 13.8 Å². The topological polar surface area (TPSA) is 103 Å². The second-order valence-electron chi connectivity index (χ2n) is 6.09. The van der Waals surface area contributed by atoms with Gasteiger partial charge in [0.25, 0.3) is 0 Å². The van der Waals surface area contributed by atoms with E-state index in [1.54, 1.807) is 0 Å². The average Bonchev–Trinajstić information content (AvgIpc) is 2.68. The lowest BCUT2D eigenvalue weighted by atomic mass is 10.2. The zero-order valence-electron chi connectivity index (χ0n) is 16.0. The number of halogens is 1. The summed E-state index contributed by atoms with van der Waals surface area (Å²) in [5, 5.41) is 5.25. The second-order valence-corrected chi connectivity index (χ2v) is 6.09. The Bertz CT molecular complexity index is 836. The number of methoxy groups -OCH3 is 1. The molecule has 28 heavy (non-hydrogen) atoms. The number of ether oxygens (including phenoxy) is 2. The van der Waals surface area contributed by atoms with Crippen molar-refractivity contribution in [2.75, 3.05) is 12.4 Å². The summed E-state index contributed by atoms with van der Waals surface area (Å²) in [6.45, 7) is 3.92. The lowest BCUT2D eigenvalue weighted by Gasteiger charge is -2.17. The Morgan fingerprint density at radius 3 is 2.29 bits per heavy atom. The molecule has 4 N–H and O–H groups in total. The van der Waals surface area contributed by atoms with Crippen LogP contribution in [0, 0.1) is 5.82 Å². The quantitative estimate of drug-likeness (QED) is 0.634. The third-order valence-electron chi connectivity index (χ3n) is 4.19. The number of benzene rings is 2. The average molecular weight is 389 g/mol. The van der Waals surface area contributed by atoms with Crippen LogP contribution in [0.5, 0.6) is 17.2 Å². The van der Waals surface area contributed by atoms with Crippen molar-refractivity contribution in [2.24, 2.45) is 5.73 Å². The highest BCUT2D eigenvalue weighted by molar-refractivity contribution is 5.92. The third-order valence-corrected chi connectivity index (χ3v) is 4.19. The minimum Gasteiger partial charge on any atom is -0.493 e. The van der Waals surface area contributed by atoms with E-state index in [-0.39, 0.29) is 23.2 Å². The van der Waals surface area contributed by atoms with Gasteiger partial charge in [-0.05, 0) is 37.1 Å². The number of hydrogen-bond donors (Lipinski definition) is 3. The van der Waals surface area contributed by atoms with Crippen LogP contribution in [0.4, 0.5) is 14.9 Å². The molecule has 0 aliphatic heterocycles. The zero-order valence-corrected chi connectivity index (χ0v) is 16.0. The molecule has 0 bridgehead atoms. The summed E-state index contributed by atoms with van der Waals surface area (Å²) in [6.07, 6.45) is 1.55. The molecule has 0 unspecified atom stereocenters. The van der Waals surface area contributed by atoms with E-state index in [1.165, 1.54) is 37.4 Å². The maximum Gasteiger partial charge on any atom is 0.319 e. The number of primary amides is 1. The molecule has 0 radical (unpaired) electrons. The fourth-order valence-corrected chi connectivity index (χ4v) is 2.52. The molecule has 2 aromatic carbocycles. The lowest BCUT2D eigenvalue weighted by Crippen LogP contribution is -2.37. The van der Waals surface area contributed by atoms with Gasteiger partial charge in [0, 0.05) is 23.7 Å². The lowest BCUT2D eigenvalue weighted by molar-refractivity contribution is 0.1000. The Hall–Kier alpha value is -3.29. The normalized spacial score (nSPS) is 10.5. The number of urea groups is 1. The standard InChI is InChI=1S/C20H24FN3O4/c1-4-13(5-2)23-20(26)24-16-11-17(27-3)18(10-15(16)21)28-14-8-6-12(7-9-14)19(22)25/h6-11,13H,4-5H2,1-3H3,(H2,22,25)(H2,23,24,26). The monoisotopic (exact) mass is 389 g/mol. The predicted molar refractivity (Wildman–Crippen MR) is 105 cm³/mol. The molecule has 0 saturated heterocycles. The Balaban J connectivity index is 2.18. The molecule has 0 aromatic heterocycles. The second kappa shape index (κ2) is 9.59. The Morgan fingerprint density at radius 2 is 1.75 bits per heavy atom. The Labute approximate surface area is 163 Å². The van der Waals surface area contributed by atoms with Crippen molar-refractivity contribution < 1.29 is 23.5 Å². The van der Waals surface area contributed by atoms with Crippen molar-refractivity contribution in [3.8, 4) is 17.2 Å². The van der Waals surface area contributed by atoms with Crippen LogP contribution in [0.15, 0.2) is 36.4 Å². The van der Waals surface area contributed by atoms with E-state index < -0.39 is 17.8 Å². The molecule has 0 spiro atoms. The minimum atomic E-state index is -0.677. The number of carbonyl (C=O) groups excluding carboxylic acids is 2. The fourth-order valence-electron chi connectivity index (χ4n) is 2.52. The molecule has 0 heterocycles. The van der Waals surface area contributed by atoms with E-state index in [0.29, 0.717) is 11.3 Å². The first-order valence-corrected chi connectivity index (χ1v) is 8.90. The molecule has 3 amide bonds. The van der Waals surface area contributed by atoms with Gasteiger partial charge in [0.05, 0.1) is 12.8 Å². The van der Waals surface area contributed by atoms with Crippen LogP contribution in [-0.2, 0) is 0 Å². The van der Waals surface area contributed by atoms with Crippen molar-refractivity contribution in [3.05, 3.63) is 47.8 Å². The number of anilines is 1. The summed E-state index contributed by atoms with van der Waals surface area (Å²) in [4.78, 5) is 23.2. The maximum atomic E-state index is 14.5. The molecule has 0 fully saturated rings. The van der Waals surface area contributed by atoms with Crippen molar-refractivity contribution in [1.29, 1.82) is 0 Å². The Kier molecular flexibility index (Phi) is 7.20. The number of nitrogens with two attached hydrogens (primary N) is 1. The number of rotatable bonds is 8. The van der Waals surface area contributed by atoms with Gasteiger partial charge in [-0.25, -0.2) is 9.18 Å². The van der Waals surface area contributed by atoms with Gasteiger partial charge in [-0.2, -0.15) is 0 Å². The summed E-state index contributed by atoms with van der Waals surface area (Å²) >= 11 is 0. The SMILES string of the molecule is CCC(CC)NC(=O)Nc1cc(OC)c(Oc2ccc(C(N)=O)cc2)cc1F. The molecule has 2 aromatic rings. The van der Waals surface area contributed by atoms with Gasteiger partial charge in [-0.15, -0.1) is 0 Å². The van der Waals surface area contributed by atoms with Crippen LogP contribution in [0.1, 0.15) is 37.0 Å². The van der Waals surface area contributed by atoms with E-state index in [2.05, 4.69) is 10.6 Å². The largest absolute Gasteiger partial charge is 0.493 e. The van der Waals surface area contributed by atoms with Crippen molar-refractivity contribution >= 4 is 17.6 Å². The van der Waals surface area contributed by atoms with Gasteiger partial charge >= 0.3 is 6.03 Å². The van der Waals surface area contributed by atoms with E-state index in [9.17, 15) is 14.0 Å². The van der Waals surface area contributed by atoms with Crippen LogP contribution in [0.25, 0.3) is 0 Å². The molecule has 0 aliphatic carbocycles.